The van der Waals surface area contributed by atoms with Crippen molar-refractivity contribution < 1.29 is 4.74 Å². The lowest BCUT2D eigenvalue weighted by molar-refractivity contribution is 0.302. The molecule has 0 unspecified atom stereocenters. The first-order valence-electron chi connectivity index (χ1n) is 4.45. The molecule has 0 amide bonds. The van der Waals surface area contributed by atoms with Crippen molar-refractivity contribution in [3.05, 3.63) is 23.9 Å². The van der Waals surface area contributed by atoms with E-state index in [1.165, 1.54) is 5.56 Å². The van der Waals surface area contributed by atoms with Crippen LogP contribution in [0, 0.1) is 0 Å². The summed E-state index contributed by atoms with van der Waals surface area (Å²) >= 11 is 0. The Balaban J connectivity index is 2.68. The zero-order valence-corrected chi connectivity index (χ0v) is 7.71. The number of rotatable bonds is 4. The lowest BCUT2D eigenvalue weighted by Gasteiger charge is -2.06. The van der Waals surface area contributed by atoms with E-state index in [1.54, 1.807) is 6.20 Å². The highest BCUT2D eigenvalue weighted by molar-refractivity contribution is 5.24. The standard InChI is InChI=1S/C10H15NO/c1-3-8-12-10-9(4-2)6-5-7-11-10/h5-7H,3-4,8H2,1-2H3. The molecule has 66 valence electrons. The smallest absolute Gasteiger partial charge is 0.216 e. The second-order valence-electron chi connectivity index (χ2n) is 2.67. The number of ether oxygens (including phenoxy) is 1. The third kappa shape index (κ3) is 2.22. The predicted octanol–water partition coefficient (Wildman–Crippen LogP) is 2.43. The molecule has 0 atom stereocenters. The molecule has 0 aliphatic heterocycles. The monoisotopic (exact) mass is 165 g/mol. The molecule has 0 fully saturated rings. The van der Waals surface area contributed by atoms with Gasteiger partial charge in [0.05, 0.1) is 6.61 Å². The quantitative estimate of drug-likeness (QED) is 0.683. The molecule has 0 bridgehead atoms. The molecule has 12 heavy (non-hydrogen) atoms. The fraction of sp³-hybridized carbons (Fsp3) is 0.500. The van der Waals surface area contributed by atoms with Gasteiger partial charge in [0.25, 0.3) is 0 Å². The van der Waals surface area contributed by atoms with E-state index in [2.05, 4.69) is 24.9 Å². The summed E-state index contributed by atoms with van der Waals surface area (Å²) in [7, 11) is 0. The van der Waals surface area contributed by atoms with Crippen LogP contribution in [0.25, 0.3) is 0 Å². The van der Waals surface area contributed by atoms with Gasteiger partial charge in [-0.05, 0) is 18.9 Å². The van der Waals surface area contributed by atoms with Crippen LogP contribution < -0.4 is 4.74 Å². The molecular formula is C10H15NO. The van der Waals surface area contributed by atoms with Gasteiger partial charge in [-0.15, -0.1) is 0 Å². The van der Waals surface area contributed by atoms with Gasteiger partial charge in [0.2, 0.25) is 5.88 Å². The minimum absolute atomic E-state index is 0.754. The van der Waals surface area contributed by atoms with Crippen molar-refractivity contribution in [3.8, 4) is 5.88 Å². The Morgan fingerprint density at radius 1 is 1.42 bits per heavy atom. The zero-order chi connectivity index (χ0) is 8.81. The minimum atomic E-state index is 0.754. The maximum Gasteiger partial charge on any atom is 0.216 e. The molecule has 0 saturated heterocycles. The van der Waals surface area contributed by atoms with Crippen LogP contribution >= 0.6 is 0 Å². The van der Waals surface area contributed by atoms with Gasteiger partial charge in [-0.2, -0.15) is 0 Å². The van der Waals surface area contributed by atoms with Gasteiger partial charge < -0.3 is 4.74 Å². The van der Waals surface area contributed by atoms with E-state index in [0.717, 1.165) is 25.3 Å². The average Bonchev–Trinajstić information content (AvgIpc) is 2.15. The Morgan fingerprint density at radius 2 is 2.25 bits per heavy atom. The lowest BCUT2D eigenvalue weighted by atomic mass is 10.2. The van der Waals surface area contributed by atoms with Gasteiger partial charge in [-0.25, -0.2) is 4.98 Å². The first-order chi connectivity index (χ1) is 5.88. The Morgan fingerprint density at radius 3 is 2.92 bits per heavy atom. The van der Waals surface area contributed by atoms with Crippen LogP contribution in [0.1, 0.15) is 25.8 Å². The third-order valence-corrected chi connectivity index (χ3v) is 1.67. The molecule has 2 heteroatoms. The number of hydrogen-bond acceptors (Lipinski definition) is 2. The molecule has 0 spiro atoms. The van der Waals surface area contributed by atoms with Crippen LogP contribution in [0.5, 0.6) is 5.88 Å². The number of aromatic nitrogens is 1. The van der Waals surface area contributed by atoms with Gasteiger partial charge >= 0.3 is 0 Å². The number of nitrogens with zero attached hydrogens (tertiary/aromatic N) is 1. The fourth-order valence-electron chi connectivity index (χ4n) is 1.02. The lowest BCUT2D eigenvalue weighted by Crippen LogP contribution is -2.00. The summed E-state index contributed by atoms with van der Waals surface area (Å²) in [6.07, 6.45) is 3.77. The van der Waals surface area contributed by atoms with Crippen molar-refractivity contribution in [3.63, 3.8) is 0 Å². The molecule has 0 radical (unpaired) electrons. The van der Waals surface area contributed by atoms with Crippen LogP contribution in [-0.4, -0.2) is 11.6 Å². The van der Waals surface area contributed by atoms with E-state index in [1.807, 2.05) is 6.07 Å². The summed E-state index contributed by atoms with van der Waals surface area (Å²) in [6.45, 7) is 4.95. The molecule has 0 aromatic carbocycles. The minimum Gasteiger partial charge on any atom is -0.477 e. The third-order valence-electron chi connectivity index (χ3n) is 1.67. The summed E-state index contributed by atoms with van der Waals surface area (Å²) < 4.78 is 5.47. The van der Waals surface area contributed by atoms with E-state index >= 15 is 0 Å². The van der Waals surface area contributed by atoms with Crippen LogP contribution in [0.2, 0.25) is 0 Å². The molecule has 0 saturated carbocycles. The number of pyridine rings is 1. The molecule has 0 N–H and O–H groups in total. The molecule has 1 heterocycles. The Labute approximate surface area is 73.6 Å². The largest absolute Gasteiger partial charge is 0.477 e. The average molecular weight is 165 g/mol. The maximum atomic E-state index is 5.47. The van der Waals surface area contributed by atoms with E-state index in [9.17, 15) is 0 Å². The van der Waals surface area contributed by atoms with E-state index < -0.39 is 0 Å². The van der Waals surface area contributed by atoms with Crippen molar-refractivity contribution in [2.45, 2.75) is 26.7 Å². The fourth-order valence-corrected chi connectivity index (χ4v) is 1.02. The van der Waals surface area contributed by atoms with Gasteiger partial charge in [0, 0.05) is 11.8 Å². The van der Waals surface area contributed by atoms with E-state index in [4.69, 9.17) is 4.74 Å². The van der Waals surface area contributed by atoms with Crippen molar-refractivity contribution in [2.24, 2.45) is 0 Å². The maximum absolute atomic E-state index is 5.47. The van der Waals surface area contributed by atoms with Gasteiger partial charge in [-0.1, -0.05) is 19.9 Å². The normalized spacial score (nSPS) is 9.83. The summed E-state index contributed by atoms with van der Waals surface area (Å²) in [5.74, 6) is 0.793. The van der Waals surface area contributed by atoms with Crippen molar-refractivity contribution in [1.29, 1.82) is 0 Å². The predicted molar refractivity (Wildman–Crippen MR) is 49.4 cm³/mol. The van der Waals surface area contributed by atoms with Crippen molar-refractivity contribution in [1.82, 2.24) is 4.98 Å². The molecule has 0 aliphatic rings. The summed E-state index contributed by atoms with van der Waals surface area (Å²) in [6, 6.07) is 4.00. The number of hydrogen-bond donors (Lipinski definition) is 0. The second kappa shape index (κ2) is 4.75. The molecule has 1 aromatic rings. The van der Waals surface area contributed by atoms with Crippen LogP contribution in [0.15, 0.2) is 18.3 Å². The van der Waals surface area contributed by atoms with Gasteiger partial charge in [-0.3, -0.25) is 0 Å². The molecule has 1 aromatic heterocycles. The molecular weight excluding hydrogens is 150 g/mol. The SMILES string of the molecule is CCCOc1ncccc1CC. The highest BCUT2D eigenvalue weighted by atomic mass is 16.5. The van der Waals surface area contributed by atoms with Gasteiger partial charge in [0.15, 0.2) is 0 Å². The zero-order valence-electron chi connectivity index (χ0n) is 7.71. The second-order valence-corrected chi connectivity index (χ2v) is 2.67. The van der Waals surface area contributed by atoms with Crippen LogP contribution in [0.4, 0.5) is 0 Å². The van der Waals surface area contributed by atoms with Crippen LogP contribution in [-0.2, 0) is 6.42 Å². The summed E-state index contributed by atoms with van der Waals surface area (Å²) in [5.41, 5.74) is 1.19. The summed E-state index contributed by atoms with van der Waals surface area (Å²) in [4.78, 5) is 4.16. The highest BCUT2D eigenvalue weighted by Crippen LogP contribution is 2.14. The Hall–Kier alpha value is -1.05. The first kappa shape index (κ1) is 9.04. The highest BCUT2D eigenvalue weighted by Gasteiger charge is 2.00. The molecule has 2 nitrogen and oxygen atoms in total. The summed E-state index contributed by atoms with van der Waals surface area (Å²) in [5, 5.41) is 0. The molecule has 0 aliphatic carbocycles. The Bertz CT molecular complexity index is 235. The van der Waals surface area contributed by atoms with E-state index in [-0.39, 0.29) is 0 Å². The van der Waals surface area contributed by atoms with Crippen molar-refractivity contribution in [2.75, 3.05) is 6.61 Å². The first-order valence-corrected chi connectivity index (χ1v) is 4.45. The van der Waals surface area contributed by atoms with Crippen molar-refractivity contribution >= 4 is 0 Å². The molecule has 1 rings (SSSR count). The van der Waals surface area contributed by atoms with E-state index in [0.29, 0.717) is 0 Å². The van der Waals surface area contributed by atoms with Crippen LogP contribution in [0.3, 0.4) is 0 Å². The topological polar surface area (TPSA) is 22.1 Å². The number of aryl methyl sites for hydroxylation is 1. The van der Waals surface area contributed by atoms with Gasteiger partial charge in [0.1, 0.15) is 0 Å². The Kier molecular flexibility index (Phi) is 3.58.